The predicted molar refractivity (Wildman–Crippen MR) is 139 cm³/mol. The van der Waals surface area contributed by atoms with Gasteiger partial charge in [0, 0.05) is 52.3 Å². The SMILES string of the molecule is CO.CO.Fc1cc(N2CCCC2)cc(-n2cnc(Nc3nc(N4CCCC4)nn4cccc34)c2)c1. The van der Waals surface area contributed by atoms with E-state index in [-0.39, 0.29) is 5.82 Å². The van der Waals surface area contributed by atoms with Gasteiger partial charge in [0.05, 0.1) is 11.9 Å². The van der Waals surface area contributed by atoms with Crippen molar-refractivity contribution < 1.29 is 14.6 Å². The van der Waals surface area contributed by atoms with E-state index in [9.17, 15) is 4.39 Å². The van der Waals surface area contributed by atoms with E-state index in [0.29, 0.717) is 17.6 Å². The normalized spacial score (nSPS) is 14.9. The standard InChI is InChI=1S/C23H25FN8.2CH4O/c24-17-12-18(29-7-1-2-8-29)14-19(13-17)31-15-21(25-16-31)26-22-20-6-5-11-32(20)28-23(27-22)30-9-3-4-10-30;2*1-2/h5-6,11-16H,1-4,7-10H2,(H,26,27,28);2*2H,1H3. The summed E-state index contributed by atoms with van der Waals surface area (Å²) < 4.78 is 18.0. The van der Waals surface area contributed by atoms with Crippen LogP contribution in [0, 0.1) is 5.82 Å². The Morgan fingerprint density at radius 1 is 0.889 bits per heavy atom. The molecule has 3 N–H and O–H groups in total. The van der Waals surface area contributed by atoms with Gasteiger partial charge >= 0.3 is 0 Å². The van der Waals surface area contributed by atoms with Crippen LogP contribution in [0.15, 0.2) is 49.1 Å². The minimum Gasteiger partial charge on any atom is -0.400 e. The third-order valence-corrected chi connectivity index (χ3v) is 6.23. The molecule has 2 aliphatic rings. The fraction of sp³-hybridized carbons (Fsp3) is 0.400. The number of benzene rings is 1. The Hall–Kier alpha value is -3.70. The first-order valence-electron chi connectivity index (χ1n) is 12.1. The van der Waals surface area contributed by atoms with Gasteiger partial charge in [-0.05, 0) is 56.0 Å². The first-order valence-corrected chi connectivity index (χ1v) is 12.1. The lowest BCUT2D eigenvalue weighted by Crippen LogP contribution is -2.22. The Kier molecular flexibility index (Phi) is 8.34. The highest BCUT2D eigenvalue weighted by Crippen LogP contribution is 2.27. The molecule has 0 amide bonds. The van der Waals surface area contributed by atoms with Gasteiger partial charge in [0.25, 0.3) is 0 Å². The summed E-state index contributed by atoms with van der Waals surface area (Å²) in [5.74, 6) is 1.82. The molecular formula is C25H33FN8O2. The Bertz CT molecular complexity index is 1260. The van der Waals surface area contributed by atoms with Crippen LogP contribution >= 0.6 is 0 Å². The van der Waals surface area contributed by atoms with Crippen LogP contribution in [0.1, 0.15) is 25.7 Å². The van der Waals surface area contributed by atoms with Crippen molar-refractivity contribution >= 4 is 28.8 Å². The van der Waals surface area contributed by atoms with E-state index < -0.39 is 0 Å². The van der Waals surface area contributed by atoms with Crippen LogP contribution in [-0.2, 0) is 0 Å². The highest BCUT2D eigenvalue weighted by molar-refractivity contribution is 5.73. The summed E-state index contributed by atoms with van der Waals surface area (Å²) in [4.78, 5) is 13.7. The van der Waals surface area contributed by atoms with Crippen molar-refractivity contribution in [3.8, 4) is 5.69 Å². The number of aliphatic hydroxyl groups excluding tert-OH is 2. The maximum Gasteiger partial charge on any atom is 0.245 e. The number of nitrogens with one attached hydrogen (secondary N) is 1. The van der Waals surface area contributed by atoms with Crippen LogP contribution in [0.2, 0.25) is 0 Å². The minimum absolute atomic E-state index is 0.242. The fourth-order valence-corrected chi connectivity index (χ4v) is 4.58. The topological polar surface area (TPSA) is 107 Å². The third-order valence-electron chi connectivity index (χ3n) is 6.23. The van der Waals surface area contributed by atoms with Crippen molar-refractivity contribution in [1.29, 1.82) is 0 Å². The van der Waals surface area contributed by atoms with Crippen LogP contribution in [-0.4, -0.2) is 74.8 Å². The molecule has 0 unspecified atom stereocenters. The summed E-state index contributed by atoms with van der Waals surface area (Å²) in [6.45, 7) is 3.89. The summed E-state index contributed by atoms with van der Waals surface area (Å²) >= 11 is 0. The number of halogens is 1. The van der Waals surface area contributed by atoms with Crippen LogP contribution in [0.3, 0.4) is 0 Å². The van der Waals surface area contributed by atoms with Crippen LogP contribution < -0.4 is 15.1 Å². The van der Waals surface area contributed by atoms with Gasteiger partial charge in [0.2, 0.25) is 5.95 Å². The van der Waals surface area contributed by atoms with Gasteiger partial charge < -0.3 is 29.9 Å². The van der Waals surface area contributed by atoms with Gasteiger partial charge in [-0.1, -0.05) is 0 Å². The average molecular weight is 497 g/mol. The van der Waals surface area contributed by atoms with Crippen molar-refractivity contribution in [2.45, 2.75) is 25.7 Å². The molecule has 4 aromatic rings. The lowest BCUT2D eigenvalue weighted by Gasteiger charge is -2.18. The molecule has 0 saturated carbocycles. The minimum atomic E-state index is -0.242. The maximum atomic E-state index is 14.4. The van der Waals surface area contributed by atoms with E-state index in [0.717, 1.165) is 83.0 Å². The summed E-state index contributed by atoms with van der Waals surface area (Å²) in [6.07, 6.45) is 10.1. The van der Waals surface area contributed by atoms with E-state index in [2.05, 4.69) is 25.2 Å². The first kappa shape index (κ1) is 25.4. The van der Waals surface area contributed by atoms with E-state index in [1.54, 1.807) is 12.4 Å². The summed E-state index contributed by atoms with van der Waals surface area (Å²) in [5, 5.41) is 22.0. The molecule has 192 valence electrons. The van der Waals surface area contributed by atoms with E-state index >= 15 is 0 Å². The predicted octanol–water partition coefficient (Wildman–Crippen LogP) is 3.22. The highest BCUT2D eigenvalue weighted by Gasteiger charge is 2.18. The number of nitrogens with zero attached hydrogens (tertiary/aromatic N) is 7. The zero-order valence-electron chi connectivity index (χ0n) is 20.7. The molecule has 0 bridgehead atoms. The molecule has 11 heteroatoms. The quantitative estimate of drug-likeness (QED) is 0.387. The largest absolute Gasteiger partial charge is 0.400 e. The number of imidazole rings is 1. The van der Waals surface area contributed by atoms with Gasteiger partial charge in [-0.2, -0.15) is 4.98 Å². The molecule has 5 heterocycles. The zero-order valence-corrected chi connectivity index (χ0v) is 20.7. The van der Waals surface area contributed by atoms with Crippen molar-refractivity contribution in [3.63, 3.8) is 0 Å². The fourth-order valence-electron chi connectivity index (χ4n) is 4.58. The molecule has 2 fully saturated rings. The van der Waals surface area contributed by atoms with Gasteiger partial charge in [0.1, 0.15) is 23.5 Å². The lowest BCUT2D eigenvalue weighted by atomic mass is 10.2. The second kappa shape index (κ2) is 11.8. The molecule has 2 saturated heterocycles. The Labute approximate surface area is 209 Å². The molecule has 2 aliphatic heterocycles. The lowest BCUT2D eigenvalue weighted by molar-refractivity contribution is 0.399. The molecule has 0 spiro atoms. The smallest absolute Gasteiger partial charge is 0.245 e. The molecule has 36 heavy (non-hydrogen) atoms. The number of hydrogen-bond donors (Lipinski definition) is 3. The molecule has 6 rings (SSSR count). The number of fused-ring (bicyclic) bond motifs is 1. The van der Waals surface area contributed by atoms with Gasteiger partial charge in [-0.15, -0.1) is 5.10 Å². The summed E-state index contributed by atoms with van der Waals surface area (Å²) in [7, 11) is 2.00. The van der Waals surface area contributed by atoms with Crippen molar-refractivity contribution in [2.24, 2.45) is 0 Å². The maximum absolute atomic E-state index is 14.4. The number of rotatable bonds is 5. The van der Waals surface area contributed by atoms with E-state index in [1.807, 2.05) is 39.7 Å². The number of aliphatic hydroxyl groups is 2. The number of aromatic nitrogens is 5. The molecular weight excluding hydrogens is 463 g/mol. The Morgan fingerprint density at radius 3 is 2.28 bits per heavy atom. The molecule has 1 aromatic carbocycles. The average Bonchev–Trinajstić information content (AvgIpc) is 3.72. The van der Waals surface area contributed by atoms with Crippen molar-refractivity contribution in [2.75, 3.05) is 55.5 Å². The van der Waals surface area contributed by atoms with Crippen LogP contribution in [0.25, 0.3) is 11.2 Å². The molecule has 10 nitrogen and oxygen atoms in total. The number of anilines is 4. The van der Waals surface area contributed by atoms with Gasteiger partial charge in [-0.3, -0.25) is 0 Å². The Morgan fingerprint density at radius 2 is 1.56 bits per heavy atom. The molecule has 0 radical (unpaired) electrons. The summed E-state index contributed by atoms with van der Waals surface area (Å²) in [5.41, 5.74) is 2.55. The number of hydrogen-bond acceptors (Lipinski definition) is 8. The molecule has 3 aromatic heterocycles. The van der Waals surface area contributed by atoms with Gasteiger partial charge in [0.15, 0.2) is 5.82 Å². The second-order valence-corrected chi connectivity index (χ2v) is 8.45. The van der Waals surface area contributed by atoms with Crippen LogP contribution in [0.5, 0.6) is 0 Å². The van der Waals surface area contributed by atoms with E-state index in [4.69, 9.17) is 15.2 Å². The Balaban J connectivity index is 0.000000726. The van der Waals surface area contributed by atoms with Crippen molar-refractivity contribution in [1.82, 2.24) is 24.1 Å². The van der Waals surface area contributed by atoms with Crippen LogP contribution in [0.4, 0.5) is 27.7 Å². The van der Waals surface area contributed by atoms with E-state index in [1.165, 1.54) is 6.07 Å². The molecule has 0 atom stereocenters. The zero-order chi connectivity index (χ0) is 25.5. The highest BCUT2D eigenvalue weighted by atomic mass is 19.1. The van der Waals surface area contributed by atoms with Crippen molar-refractivity contribution in [3.05, 3.63) is 54.9 Å². The van der Waals surface area contributed by atoms with Gasteiger partial charge in [-0.25, -0.2) is 13.9 Å². The first-order chi connectivity index (χ1) is 17.7. The molecule has 0 aliphatic carbocycles. The third kappa shape index (κ3) is 5.42. The second-order valence-electron chi connectivity index (χ2n) is 8.45. The summed E-state index contributed by atoms with van der Waals surface area (Å²) in [6, 6.07) is 9.08. The monoisotopic (exact) mass is 496 g/mol.